The van der Waals surface area contributed by atoms with Crippen molar-refractivity contribution in [3.63, 3.8) is 0 Å². The highest BCUT2D eigenvalue weighted by Crippen LogP contribution is 2.36. The Morgan fingerprint density at radius 2 is 1.17 bits per heavy atom. The first-order valence-electron chi connectivity index (χ1n) is 16.9. The fourth-order valence-electron chi connectivity index (χ4n) is 6.15. The van der Waals surface area contributed by atoms with Gasteiger partial charge in [-0.2, -0.15) is 0 Å². The average Bonchev–Trinajstić information content (AvgIpc) is 2.96. The zero-order chi connectivity index (χ0) is 33.1. The van der Waals surface area contributed by atoms with Gasteiger partial charge in [0.15, 0.2) is 22.4 Å². The molecule has 8 heteroatoms. The number of carbonyl (C=O) groups is 2. The Hall–Kier alpha value is -0.806. The molecule has 0 saturated heterocycles. The number of hydrogen-bond donors (Lipinski definition) is 1. The van der Waals surface area contributed by atoms with Crippen molar-refractivity contribution in [2.45, 2.75) is 177 Å². The smallest absolute Gasteiger partial charge is 0.334 e. The standard InChI is InChI=1S/C34H68O6Si2/c1-16-29(39-41(17-2,18-3)19-4)34(14,15)32(36)30(35)27(12)26(11)28(13)38-33(37)31(25(10)23-24(8)9)40-42(20-5,21-6)22-7/h24-25,28-31,35H,16-23H2,1-15H3/b27-26+/t25-,28-,29?,30+,31?/m0/s1. The van der Waals surface area contributed by atoms with Gasteiger partial charge in [0, 0.05) is 0 Å². The van der Waals surface area contributed by atoms with Crippen LogP contribution in [-0.2, 0) is 23.2 Å². The topological polar surface area (TPSA) is 82.1 Å². The molecule has 0 saturated carbocycles. The summed E-state index contributed by atoms with van der Waals surface area (Å²) in [6.45, 7) is 30.7. The van der Waals surface area contributed by atoms with Gasteiger partial charge in [0.25, 0.3) is 0 Å². The van der Waals surface area contributed by atoms with Gasteiger partial charge in [0.05, 0.1) is 11.5 Å². The van der Waals surface area contributed by atoms with Gasteiger partial charge in [-0.05, 0) is 92.9 Å². The zero-order valence-corrected chi connectivity index (χ0v) is 32.1. The zero-order valence-electron chi connectivity index (χ0n) is 30.1. The second-order valence-corrected chi connectivity index (χ2v) is 23.0. The summed E-state index contributed by atoms with van der Waals surface area (Å²) in [5.74, 6) is -0.153. The van der Waals surface area contributed by atoms with Crippen LogP contribution in [0.5, 0.6) is 0 Å². The SMILES string of the molecule is CCC(O[Si](CC)(CC)CC)C(C)(C)C(=O)[C@H](O)/C(C)=C(\C)[C@H](C)OC(=O)C(O[Si](CC)(CC)CC)[C@@H](C)CC(C)C. The summed E-state index contributed by atoms with van der Waals surface area (Å²) in [6.07, 6.45) is -1.22. The first-order valence-corrected chi connectivity index (χ1v) is 21.9. The highest BCUT2D eigenvalue weighted by atomic mass is 28.4. The van der Waals surface area contributed by atoms with E-state index < -0.39 is 40.4 Å². The van der Waals surface area contributed by atoms with Gasteiger partial charge in [-0.3, -0.25) is 4.79 Å². The Bertz CT molecular complexity index is 844. The summed E-state index contributed by atoms with van der Waals surface area (Å²) in [5, 5.41) is 11.3. The van der Waals surface area contributed by atoms with Crippen LogP contribution in [0.4, 0.5) is 0 Å². The monoisotopic (exact) mass is 628 g/mol. The maximum Gasteiger partial charge on any atom is 0.334 e. The Morgan fingerprint density at radius 1 is 0.738 bits per heavy atom. The lowest BCUT2D eigenvalue weighted by Crippen LogP contribution is -2.50. The summed E-state index contributed by atoms with van der Waals surface area (Å²) in [7, 11) is -4.00. The lowest BCUT2D eigenvalue weighted by molar-refractivity contribution is -0.158. The molecule has 0 aromatic heterocycles. The van der Waals surface area contributed by atoms with E-state index in [0.29, 0.717) is 23.5 Å². The van der Waals surface area contributed by atoms with Crippen molar-refractivity contribution in [3.8, 4) is 0 Å². The van der Waals surface area contributed by atoms with E-state index in [9.17, 15) is 14.7 Å². The number of ketones is 1. The predicted octanol–water partition coefficient (Wildman–Crippen LogP) is 9.08. The molecule has 248 valence electrons. The number of Topliss-reactive ketones (excluding diaryl/α,β-unsaturated/α-hetero) is 1. The highest BCUT2D eigenvalue weighted by molar-refractivity contribution is 6.74. The normalized spacial score (nSPS) is 17.4. The molecule has 0 radical (unpaired) electrons. The lowest BCUT2D eigenvalue weighted by Gasteiger charge is -2.41. The first-order chi connectivity index (χ1) is 19.4. The molecular weight excluding hydrogens is 561 g/mol. The van der Waals surface area contributed by atoms with E-state index in [1.165, 1.54) is 0 Å². The number of hydrogen-bond acceptors (Lipinski definition) is 6. The van der Waals surface area contributed by atoms with Crippen molar-refractivity contribution in [2.24, 2.45) is 17.3 Å². The van der Waals surface area contributed by atoms with Crippen molar-refractivity contribution in [1.82, 2.24) is 0 Å². The van der Waals surface area contributed by atoms with Gasteiger partial charge in [0.1, 0.15) is 18.3 Å². The van der Waals surface area contributed by atoms with E-state index in [1.807, 2.05) is 34.6 Å². The van der Waals surface area contributed by atoms with E-state index in [-0.39, 0.29) is 23.8 Å². The van der Waals surface area contributed by atoms with Crippen LogP contribution in [0.2, 0.25) is 36.3 Å². The van der Waals surface area contributed by atoms with E-state index in [2.05, 4.69) is 62.3 Å². The number of aliphatic hydroxyl groups excluding tert-OH is 1. The molecule has 0 bridgehead atoms. The fourth-order valence-corrected chi connectivity index (χ4v) is 12.1. The third-order valence-corrected chi connectivity index (χ3v) is 19.5. The molecule has 1 N–H and O–H groups in total. The van der Waals surface area contributed by atoms with Crippen LogP contribution in [0.25, 0.3) is 0 Å². The molecular formula is C34H68O6Si2. The summed E-state index contributed by atoms with van der Waals surface area (Å²) in [4.78, 5) is 27.4. The largest absolute Gasteiger partial charge is 0.456 e. The van der Waals surface area contributed by atoms with Crippen molar-refractivity contribution in [1.29, 1.82) is 0 Å². The van der Waals surface area contributed by atoms with Crippen molar-refractivity contribution >= 4 is 28.4 Å². The first kappa shape index (κ1) is 41.2. The maximum absolute atomic E-state index is 13.8. The van der Waals surface area contributed by atoms with Crippen LogP contribution >= 0.6 is 0 Å². The Labute approximate surface area is 262 Å². The molecule has 0 aliphatic carbocycles. The van der Waals surface area contributed by atoms with Gasteiger partial charge >= 0.3 is 5.97 Å². The molecule has 2 unspecified atom stereocenters. The second kappa shape index (κ2) is 18.2. The lowest BCUT2D eigenvalue weighted by atomic mass is 9.77. The molecule has 5 atom stereocenters. The maximum atomic E-state index is 13.8. The van der Waals surface area contributed by atoms with Gasteiger partial charge in [-0.1, -0.05) is 83.1 Å². The molecule has 0 rings (SSSR count). The third-order valence-electron chi connectivity index (χ3n) is 10.2. The average molecular weight is 629 g/mol. The van der Waals surface area contributed by atoms with Crippen LogP contribution in [0.15, 0.2) is 11.1 Å². The molecule has 0 aliphatic heterocycles. The van der Waals surface area contributed by atoms with Crippen molar-refractivity contribution < 1.29 is 28.3 Å². The summed E-state index contributed by atoms with van der Waals surface area (Å²) < 4.78 is 19.5. The number of carbonyl (C=O) groups excluding carboxylic acids is 2. The van der Waals surface area contributed by atoms with E-state index in [0.717, 1.165) is 42.7 Å². The highest BCUT2D eigenvalue weighted by Gasteiger charge is 2.44. The molecule has 0 aromatic carbocycles. The van der Waals surface area contributed by atoms with E-state index in [1.54, 1.807) is 6.92 Å². The van der Waals surface area contributed by atoms with Gasteiger partial charge < -0.3 is 18.7 Å². The molecule has 0 amide bonds. The number of esters is 1. The quantitative estimate of drug-likeness (QED) is 0.0776. The van der Waals surface area contributed by atoms with Crippen LogP contribution in [0, 0.1) is 17.3 Å². The fraction of sp³-hybridized carbons (Fsp3) is 0.882. The van der Waals surface area contributed by atoms with Gasteiger partial charge in [0.2, 0.25) is 0 Å². The molecule has 0 aliphatic rings. The molecule has 6 nitrogen and oxygen atoms in total. The third kappa shape index (κ3) is 10.7. The minimum absolute atomic E-state index is 0.0237. The van der Waals surface area contributed by atoms with Gasteiger partial charge in [-0.15, -0.1) is 0 Å². The molecule has 42 heavy (non-hydrogen) atoms. The second-order valence-electron chi connectivity index (χ2n) is 13.6. The van der Waals surface area contributed by atoms with E-state index >= 15 is 0 Å². The number of aliphatic hydroxyl groups is 1. The minimum atomic E-state index is -2.06. The van der Waals surface area contributed by atoms with Crippen LogP contribution in [0.3, 0.4) is 0 Å². The van der Waals surface area contributed by atoms with Crippen molar-refractivity contribution in [3.05, 3.63) is 11.1 Å². The molecule has 0 aromatic rings. The summed E-state index contributed by atoms with van der Waals surface area (Å²) >= 11 is 0. The summed E-state index contributed by atoms with van der Waals surface area (Å²) in [5.41, 5.74) is 0.349. The molecule has 0 heterocycles. The molecule has 0 spiro atoms. The predicted molar refractivity (Wildman–Crippen MR) is 182 cm³/mol. The Morgan fingerprint density at radius 3 is 1.55 bits per heavy atom. The van der Waals surface area contributed by atoms with Crippen LogP contribution in [0.1, 0.15) is 117 Å². The van der Waals surface area contributed by atoms with E-state index in [4.69, 9.17) is 13.6 Å². The minimum Gasteiger partial charge on any atom is -0.456 e. The number of rotatable bonds is 21. The Kier molecular flexibility index (Phi) is 17.9. The van der Waals surface area contributed by atoms with Crippen molar-refractivity contribution in [2.75, 3.05) is 0 Å². The summed E-state index contributed by atoms with van der Waals surface area (Å²) in [6, 6.07) is 5.87. The van der Waals surface area contributed by atoms with Crippen LogP contribution in [-0.4, -0.2) is 57.9 Å². The molecule has 0 fully saturated rings. The Balaban J connectivity index is 6.08. The number of ether oxygens (including phenoxy) is 1. The van der Waals surface area contributed by atoms with Gasteiger partial charge in [-0.25, -0.2) is 4.79 Å². The van der Waals surface area contributed by atoms with Crippen LogP contribution < -0.4 is 0 Å².